The van der Waals surface area contributed by atoms with Crippen LogP contribution in [0.25, 0.3) is 17.2 Å². The van der Waals surface area contributed by atoms with Crippen molar-refractivity contribution in [2.75, 3.05) is 18.0 Å². The van der Waals surface area contributed by atoms with Gasteiger partial charge in [0.1, 0.15) is 12.2 Å². The molecule has 0 saturated heterocycles. The molecular formula is C15H11ClN6O. The van der Waals surface area contributed by atoms with E-state index < -0.39 is 0 Å². The molecule has 5 rings (SSSR count). The molecule has 0 fully saturated rings. The van der Waals surface area contributed by atoms with E-state index in [4.69, 9.17) is 16.1 Å². The number of anilines is 1. The molecule has 3 aromatic rings. The zero-order valence-electron chi connectivity index (χ0n) is 12.2. The Morgan fingerprint density at radius 2 is 2.22 bits per heavy atom. The Hall–Kier alpha value is -2.67. The second-order valence-electron chi connectivity index (χ2n) is 5.44. The largest absolute Gasteiger partial charge is 0.339 e. The summed E-state index contributed by atoms with van der Waals surface area (Å²) in [5, 5.41) is 4.67. The van der Waals surface area contributed by atoms with Crippen LogP contribution in [-0.2, 0) is 0 Å². The van der Waals surface area contributed by atoms with Crippen LogP contribution in [-0.4, -0.2) is 38.6 Å². The van der Waals surface area contributed by atoms with Gasteiger partial charge in [-0.3, -0.25) is 9.56 Å². The number of hydrogen-bond acceptors (Lipinski definition) is 6. The van der Waals surface area contributed by atoms with E-state index in [1.807, 2.05) is 22.8 Å². The number of amidine groups is 1. The molecule has 1 aromatic carbocycles. The normalized spacial score (nSPS) is 15.2. The van der Waals surface area contributed by atoms with E-state index in [2.05, 4.69) is 25.0 Å². The van der Waals surface area contributed by atoms with Crippen LogP contribution in [0.1, 0.15) is 11.5 Å². The predicted octanol–water partition coefficient (Wildman–Crippen LogP) is 2.46. The van der Waals surface area contributed by atoms with Crippen molar-refractivity contribution in [2.24, 2.45) is 4.99 Å². The van der Waals surface area contributed by atoms with Crippen molar-refractivity contribution in [2.45, 2.75) is 6.92 Å². The van der Waals surface area contributed by atoms with Gasteiger partial charge in [0.2, 0.25) is 11.7 Å². The number of hydrogen-bond donors (Lipinski definition) is 0. The average molecular weight is 327 g/mol. The highest BCUT2D eigenvalue weighted by Crippen LogP contribution is 2.39. The molecule has 0 atom stereocenters. The molecule has 23 heavy (non-hydrogen) atoms. The molecule has 0 saturated carbocycles. The summed E-state index contributed by atoms with van der Waals surface area (Å²) in [6, 6.07) is 5.80. The molecule has 0 aliphatic carbocycles. The van der Waals surface area contributed by atoms with Crippen LogP contribution in [0, 0.1) is 6.92 Å². The van der Waals surface area contributed by atoms with Gasteiger partial charge in [-0.15, -0.1) is 0 Å². The summed E-state index contributed by atoms with van der Waals surface area (Å²) < 4.78 is 7.11. The molecule has 114 valence electrons. The first kappa shape index (κ1) is 12.8. The van der Waals surface area contributed by atoms with Crippen LogP contribution in [0.5, 0.6) is 0 Å². The Morgan fingerprint density at radius 1 is 1.30 bits per heavy atom. The van der Waals surface area contributed by atoms with E-state index in [0.717, 1.165) is 36.0 Å². The van der Waals surface area contributed by atoms with Crippen LogP contribution in [0.2, 0.25) is 5.02 Å². The lowest BCUT2D eigenvalue weighted by Gasteiger charge is -2.29. The first-order valence-electron chi connectivity index (χ1n) is 7.23. The highest BCUT2D eigenvalue weighted by atomic mass is 35.5. The minimum atomic E-state index is 0.480. The lowest BCUT2D eigenvalue weighted by atomic mass is 10.1. The van der Waals surface area contributed by atoms with Gasteiger partial charge in [0, 0.05) is 24.1 Å². The number of benzene rings is 1. The topological polar surface area (TPSA) is 72.3 Å². The SMILES string of the molecule is Cc1nc(-c2ncn3c2N2CCN=C2c2ccc(Cl)cc2-3)no1. The number of aliphatic imine (C=N–C) groups is 1. The van der Waals surface area contributed by atoms with Gasteiger partial charge in [0.25, 0.3) is 0 Å². The fraction of sp³-hybridized carbons (Fsp3) is 0.200. The van der Waals surface area contributed by atoms with Crippen molar-refractivity contribution in [1.82, 2.24) is 19.7 Å². The molecule has 0 radical (unpaired) electrons. The summed E-state index contributed by atoms with van der Waals surface area (Å²) in [7, 11) is 0. The maximum atomic E-state index is 6.19. The monoisotopic (exact) mass is 326 g/mol. The molecule has 2 aliphatic rings. The fourth-order valence-corrected chi connectivity index (χ4v) is 3.27. The summed E-state index contributed by atoms with van der Waals surface area (Å²) in [4.78, 5) is 15.6. The van der Waals surface area contributed by atoms with E-state index in [0.29, 0.717) is 22.4 Å². The number of fused-ring (bicyclic) bond motifs is 6. The molecule has 7 nitrogen and oxygen atoms in total. The molecule has 0 spiro atoms. The lowest BCUT2D eigenvalue weighted by molar-refractivity contribution is 0.394. The third-order valence-corrected chi connectivity index (χ3v) is 4.27. The van der Waals surface area contributed by atoms with Gasteiger partial charge in [-0.1, -0.05) is 16.8 Å². The van der Waals surface area contributed by atoms with Gasteiger partial charge in [-0.2, -0.15) is 4.98 Å². The fourth-order valence-electron chi connectivity index (χ4n) is 3.11. The third kappa shape index (κ3) is 1.71. The summed E-state index contributed by atoms with van der Waals surface area (Å²) in [5.74, 6) is 2.83. The molecular weight excluding hydrogens is 316 g/mol. The summed E-state index contributed by atoms with van der Waals surface area (Å²) >= 11 is 6.19. The molecule has 8 heteroatoms. The van der Waals surface area contributed by atoms with Crippen LogP contribution in [0.4, 0.5) is 5.82 Å². The van der Waals surface area contributed by atoms with Crippen molar-refractivity contribution >= 4 is 23.3 Å². The van der Waals surface area contributed by atoms with Gasteiger partial charge >= 0.3 is 0 Å². The highest BCUT2D eigenvalue weighted by molar-refractivity contribution is 6.31. The van der Waals surface area contributed by atoms with E-state index in [9.17, 15) is 0 Å². The van der Waals surface area contributed by atoms with Crippen LogP contribution in [0.15, 0.2) is 34.0 Å². The number of rotatable bonds is 1. The minimum Gasteiger partial charge on any atom is -0.339 e. The summed E-state index contributed by atoms with van der Waals surface area (Å²) in [6.45, 7) is 3.30. The maximum absolute atomic E-state index is 6.19. The van der Waals surface area contributed by atoms with Crippen molar-refractivity contribution in [3.63, 3.8) is 0 Å². The molecule has 0 unspecified atom stereocenters. The van der Waals surface area contributed by atoms with Gasteiger partial charge in [0.05, 0.1) is 12.2 Å². The quantitative estimate of drug-likeness (QED) is 0.687. The summed E-state index contributed by atoms with van der Waals surface area (Å²) in [5.41, 5.74) is 2.69. The molecule has 4 heterocycles. The molecule has 2 aliphatic heterocycles. The number of halogens is 1. The molecule has 2 aromatic heterocycles. The van der Waals surface area contributed by atoms with Gasteiger partial charge < -0.3 is 9.42 Å². The van der Waals surface area contributed by atoms with E-state index in [1.165, 1.54) is 0 Å². The molecule has 0 bridgehead atoms. The Kier molecular flexibility index (Phi) is 2.47. The number of aryl methyl sites for hydroxylation is 1. The Balaban J connectivity index is 1.81. The molecule has 0 N–H and O–H groups in total. The number of nitrogens with zero attached hydrogens (tertiary/aromatic N) is 6. The second kappa shape index (κ2) is 4.42. The van der Waals surface area contributed by atoms with Gasteiger partial charge in [0.15, 0.2) is 11.5 Å². The first-order chi connectivity index (χ1) is 11.2. The smallest absolute Gasteiger partial charge is 0.224 e. The van der Waals surface area contributed by atoms with E-state index >= 15 is 0 Å². The Bertz CT molecular complexity index is 972. The van der Waals surface area contributed by atoms with Crippen LogP contribution >= 0.6 is 11.6 Å². The maximum Gasteiger partial charge on any atom is 0.224 e. The predicted molar refractivity (Wildman–Crippen MR) is 85.4 cm³/mol. The first-order valence-corrected chi connectivity index (χ1v) is 7.60. The number of aromatic nitrogens is 4. The minimum absolute atomic E-state index is 0.480. The standard InChI is InChI=1S/C15H11ClN6O/c1-8-19-13(20-23-8)12-15-21-5-4-17-14(21)10-3-2-9(16)6-11(10)22(15)7-18-12/h2-3,6-7H,4-5H2,1H3. The van der Waals surface area contributed by atoms with Crippen molar-refractivity contribution in [1.29, 1.82) is 0 Å². The average Bonchev–Trinajstić information content (AvgIpc) is 3.24. The van der Waals surface area contributed by atoms with Crippen molar-refractivity contribution in [3.05, 3.63) is 41.0 Å². The lowest BCUT2D eigenvalue weighted by Crippen LogP contribution is -2.34. The van der Waals surface area contributed by atoms with Crippen molar-refractivity contribution in [3.8, 4) is 17.2 Å². The number of imidazole rings is 1. The Labute approximate surface area is 136 Å². The van der Waals surface area contributed by atoms with Crippen LogP contribution in [0.3, 0.4) is 0 Å². The second-order valence-corrected chi connectivity index (χ2v) is 5.88. The summed E-state index contributed by atoms with van der Waals surface area (Å²) in [6.07, 6.45) is 1.76. The van der Waals surface area contributed by atoms with Gasteiger partial charge in [-0.05, 0) is 18.2 Å². The zero-order chi connectivity index (χ0) is 15.6. The van der Waals surface area contributed by atoms with E-state index in [1.54, 1.807) is 13.3 Å². The van der Waals surface area contributed by atoms with E-state index in [-0.39, 0.29) is 0 Å². The molecule has 0 amide bonds. The van der Waals surface area contributed by atoms with Crippen LogP contribution < -0.4 is 4.90 Å². The van der Waals surface area contributed by atoms with Crippen molar-refractivity contribution < 1.29 is 4.52 Å². The zero-order valence-corrected chi connectivity index (χ0v) is 12.9. The Morgan fingerprint density at radius 3 is 3.04 bits per heavy atom. The van der Waals surface area contributed by atoms with Gasteiger partial charge in [-0.25, -0.2) is 4.98 Å². The third-order valence-electron chi connectivity index (χ3n) is 4.04. The highest BCUT2D eigenvalue weighted by Gasteiger charge is 2.34.